The van der Waals surface area contributed by atoms with Crippen LogP contribution in [-0.4, -0.2) is 30.6 Å². The number of hydrogen-bond acceptors (Lipinski definition) is 2. The lowest BCUT2D eigenvalue weighted by molar-refractivity contribution is 0.189. The van der Waals surface area contributed by atoms with Gasteiger partial charge in [0.2, 0.25) is 0 Å². The average Bonchev–Trinajstić information content (AvgIpc) is 2.65. The summed E-state index contributed by atoms with van der Waals surface area (Å²) >= 11 is 0. The number of hydrogen-bond donors (Lipinski definition) is 1. The molecular formula is C21H26N2O2. The highest BCUT2D eigenvalue weighted by Gasteiger charge is 2.19. The van der Waals surface area contributed by atoms with E-state index in [1.165, 1.54) is 16.7 Å². The standard InChI is InChI=1S/C21H26N2O2/c1-16(2)17-7-9-20(10-8-17)25-14-12-22-21(24)23-13-11-18-5-3-4-6-19(18)15-23/h3-10,16H,11-15H2,1-2H3,(H,22,24). The predicted molar refractivity (Wildman–Crippen MR) is 100.0 cm³/mol. The Morgan fingerprint density at radius 3 is 2.56 bits per heavy atom. The summed E-state index contributed by atoms with van der Waals surface area (Å²) in [7, 11) is 0. The number of nitrogens with zero attached hydrogens (tertiary/aromatic N) is 1. The van der Waals surface area contributed by atoms with Crippen molar-refractivity contribution in [2.45, 2.75) is 32.7 Å². The Kier molecular flexibility index (Phi) is 5.59. The smallest absolute Gasteiger partial charge is 0.317 e. The average molecular weight is 338 g/mol. The largest absolute Gasteiger partial charge is 0.492 e. The maximum Gasteiger partial charge on any atom is 0.317 e. The van der Waals surface area contributed by atoms with Gasteiger partial charge in [-0.2, -0.15) is 0 Å². The Morgan fingerprint density at radius 1 is 1.12 bits per heavy atom. The highest BCUT2D eigenvalue weighted by atomic mass is 16.5. The van der Waals surface area contributed by atoms with E-state index in [2.05, 4.69) is 49.5 Å². The van der Waals surface area contributed by atoms with Crippen molar-refractivity contribution in [3.63, 3.8) is 0 Å². The number of fused-ring (bicyclic) bond motifs is 1. The van der Waals surface area contributed by atoms with E-state index in [4.69, 9.17) is 4.74 Å². The van der Waals surface area contributed by atoms with Crippen LogP contribution in [0.3, 0.4) is 0 Å². The molecule has 1 aliphatic heterocycles. The van der Waals surface area contributed by atoms with E-state index in [0.29, 0.717) is 25.6 Å². The maximum atomic E-state index is 12.3. The van der Waals surface area contributed by atoms with Gasteiger partial charge in [-0.3, -0.25) is 0 Å². The highest BCUT2D eigenvalue weighted by molar-refractivity contribution is 5.74. The van der Waals surface area contributed by atoms with Gasteiger partial charge in [-0.15, -0.1) is 0 Å². The summed E-state index contributed by atoms with van der Waals surface area (Å²) < 4.78 is 5.70. The number of benzene rings is 2. The first-order valence-electron chi connectivity index (χ1n) is 8.96. The minimum absolute atomic E-state index is 0.0201. The van der Waals surface area contributed by atoms with Crippen molar-refractivity contribution in [2.24, 2.45) is 0 Å². The van der Waals surface area contributed by atoms with Crippen LogP contribution >= 0.6 is 0 Å². The summed E-state index contributed by atoms with van der Waals surface area (Å²) in [5, 5.41) is 2.95. The molecule has 4 nitrogen and oxygen atoms in total. The van der Waals surface area contributed by atoms with Crippen LogP contribution in [0.2, 0.25) is 0 Å². The second-order valence-electron chi connectivity index (χ2n) is 6.74. The lowest BCUT2D eigenvalue weighted by Gasteiger charge is -2.28. The van der Waals surface area contributed by atoms with Crippen LogP contribution in [0.4, 0.5) is 4.79 Å². The summed E-state index contributed by atoms with van der Waals surface area (Å²) in [4.78, 5) is 14.2. The first kappa shape index (κ1) is 17.3. The number of carbonyl (C=O) groups is 1. The number of rotatable bonds is 5. The van der Waals surface area contributed by atoms with E-state index in [9.17, 15) is 4.79 Å². The summed E-state index contributed by atoms with van der Waals surface area (Å²) in [5.41, 5.74) is 3.89. The number of carbonyl (C=O) groups excluding carboxylic acids is 1. The van der Waals surface area contributed by atoms with E-state index in [1.807, 2.05) is 23.1 Å². The van der Waals surface area contributed by atoms with Crippen molar-refractivity contribution in [3.05, 3.63) is 65.2 Å². The molecule has 2 amide bonds. The van der Waals surface area contributed by atoms with Gasteiger partial charge in [0, 0.05) is 13.1 Å². The summed E-state index contributed by atoms with van der Waals surface area (Å²) in [6, 6.07) is 16.4. The van der Waals surface area contributed by atoms with Gasteiger partial charge in [0.25, 0.3) is 0 Å². The zero-order valence-corrected chi connectivity index (χ0v) is 15.0. The van der Waals surface area contributed by atoms with Crippen LogP contribution in [0.25, 0.3) is 0 Å². The molecule has 0 fully saturated rings. The van der Waals surface area contributed by atoms with Crippen molar-refractivity contribution in [3.8, 4) is 5.75 Å². The third-order valence-electron chi connectivity index (χ3n) is 4.61. The normalized spacial score (nSPS) is 13.5. The SMILES string of the molecule is CC(C)c1ccc(OCCNC(=O)N2CCc3ccccc3C2)cc1. The quantitative estimate of drug-likeness (QED) is 0.839. The van der Waals surface area contributed by atoms with Gasteiger partial charge in [-0.05, 0) is 41.2 Å². The topological polar surface area (TPSA) is 41.6 Å². The van der Waals surface area contributed by atoms with E-state index in [-0.39, 0.29) is 6.03 Å². The van der Waals surface area contributed by atoms with Crippen LogP contribution in [0, 0.1) is 0 Å². The minimum atomic E-state index is -0.0201. The maximum absolute atomic E-state index is 12.3. The third-order valence-corrected chi connectivity index (χ3v) is 4.61. The molecule has 0 aromatic heterocycles. The van der Waals surface area contributed by atoms with Gasteiger partial charge in [-0.25, -0.2) is 4.79 Å². The molecule has 0 bridgehead atoms. The molecule has 0 aliphatic carbocycles. The first-order chi connectivity index (χ1) is 12.1. The molecule has 1 heterocycles. The fourth-order valence-electron chi connectivity index (χ4n) is 3.06. The van der Waals surface area contributed by atoms with Crippen LogP contribution in [0.15, 0.2) is 48.5 Å². The van der Waals surface area contributed by atoms with Crippen LogP contribution in [0.5, 0.6) is 5.75 Å². The van der Waals surface area contributed by atoms with E-state index >= 15 is 0 Å². The second kappa shape index (κ2) is 8.06. The number of nitrogens with one attached hydrogen (secondary N) is 1. The lowest BCUT2D eigenvalue weighted by Crippen LogP contribution is -2.43. The van der Waals surface area contributed by atoms with Crippen molar-refractivity contribution in [1.82, 2.24) is 10.2 Å². The monoisotopic (exact) mass is 338 g/mol. The molecule has 0 unspecified atom stereocenters. The molecule has 0 radical (unpaired) electrons. The molecule has 4 heteroatoms. The molecule has 0 saturated heterocycles. The molecule has 0 atom stereocenters. The van der Waals surface area contributed by atoms with Gasteiger partial charge >= 0.3 is 6.03 Å². The van der Waals surface area contributed by atoms with Crippen molar-refractivity contribution >= 4 is 6.03 Å². The molecular weight excluding hydrogens is 312 g/mol. The lowest BCUT2D eigenvalue weighted by atomic mass is 10.0. The number of ether oxygens (including phenoxy) is 1. The molecule has 2 aromatic rings. The fraction of sp³-hybridized carbons (Fsp3) is 0.381. The van der Waals surface area contributed by atoms with Crippen molar-refractivity contribution in [2.75, 3.05) is 19.7 Å². The molecule has 2 aromatic carbocycles. The highest BCUT2D eigenvalue weighted by Crippen LogP contribution is 2.19. The van der Waals surface area contributed by atoms with Gasteiger partial charge in [0.1, 0.15) is 12.4 Å². The van der Waals surface area contributed by atoms with E-state index in [0.717, 1.165) is 18.7 Å². The second-order valence-corrected chi connectivity index (χ2v) is 6.74. The van der Waals surface area contributed by atoms with Crippen molar-refractivity contribution in [1.29, 1.82) is 0 Å². The van der Waals surface area contributed by atoms with Gasteiger partial charge in [-0.1, -0.05) is 50.2 Å². The molecule has 3 rings (SSSR count). The summed E-state index contributed by atoms with van der Waals surface area (Å²) in [5.74, 6) is 1.36. The minimum Gasteiger partial charge on any atom is -0.492 e. The van der Waals surface area contributed by atoms with Crippen LogP contribution in [0.1, 0.15) is 36.5 Å². The molecule has 0 spiro atoms. The van der Waals surface area contributed by atoms with Crippen molar-refractivity contribution < 1.29 is 9.53 Å². The van der Waals surface area contributed by atoms with E-state index < -0.39 is 0 Å². The zero-order valence-electron chi connectivity index (χ0n) is 15.0. The van der Waals surface area contributed by atoms with Crippen LogP contribution in [-0.2, 0) is 13.0 Å². The van der Waals surface area contributed by atoms with Crippen LogP contribution < -0.4 is 10.1 Å². The number of amides is 2. The zero-order chi connectivity index (χ0) is 17.6. The third kappa shape index (κ3) is 4.53. The van der Waals surface area contributed by atoms with Gasteiger partial charge in [0.05, 0.1) is 6.54 Å². The van der Waals surface area contributed by atoms with Gasteiger partial charge < -0.3 is 15.0 Å². The Bertz CT molecular complexity index is 710. The summed E-state index contributed by atoms with van der Waals surface area (Å²) in [6.45, 7) is 6.76. The molecule has 1 aliphatic rings. The molecule has 25 heavy (non-hydrogen) atoms. The Hall–Kier alpha value is -2.49. The Labute approximate surface area is 149 Å². The molecule has 132 valence electrons. The van der Waals surface area contributed by atoms with E-state index in [1.54, 1.807) is 0 Å². The Morgan fingerprint density at radius 2 is 1.84 bits per heavy atom. The first-order valence-corrected chi connectivity index (χ1v) is 8.96. The fourth-order valence-corrected chi connectivity index (χ4v) is 3.06. The number of urea groups is 1. The predicted octanol–water partition coefficient (Wildman–Crippen LogP) is 3.96. The van der Waals surface area contributed by atoms with Gasteiger partial charge in [0.15, 0.2) is 0 Å². The Balaban J connectivity index is 1.41. The molecule has 0 saturated carbocycles. The molecule has 1 N–H and O–H groups in total. The summed E-state index contributed by atoms with van der Waals surface area (Å²) in [6.07, 6.45) is 0.919.